The van der Waals surface area contributed by atoms with Crippen LogP contribution in [0.3, 0.4) is 0 Å². The number of benzene rings is 6. The maximum atomic E-state index is 6.27. The van der Waals surface area contributed by atoms with Gasteiger partial charge in [-0.25, -0.2) is 9.97 Å². The second kappa shape index (κ2) is 10.1. The molecule has 0 fully saturated rings. The summed E-state index contributed by atoms with van der Waals surface area (Å²) in [7, 11) is 0. The Kier molecular flexibility index (Phi) is 5.54. The minimum Gasteiger partial charge on any atom is -0.456 e. The topological polar surface area (TPSA) is 51.8 Å². The van der Waals surface area contributed by atoms with E-state index in [1.807, 2.05) is 24.4 Å². The monoisotopic (exact) mass is 599 g/mol. The molecule has 0 aliphatic carbocycles. The van der Waals surface area contributed by atoms with Gasteiger partial charge in [0, 0.05) is 55.0 Å². The van der Waals surface area contributed by atoms with Crippen molar-refractivity contribution in [3.05, 3.63) is 152 Å². The van der Waals surface area contributed by atoms with Gasteiger partial charge in [-0.15, -0.1) is 0 Å². The summed E-state index contributed by atoms with van der Waals surface area (Å²) in [4.78, 5) is 14.8. The number of furan rings is 1. The number of fused-ring (bicyclic) bond motifs is 10. The minimum absolute atomic E-state index is 0.892. The lowest BCUT2D eigenvalue weighted by Gasteiger charge is -2.12. The molecule has 0 aliphatic rings. The van der Waals surface area contributed by atoms with Gasteiger partial charge < -0.3 is 4.42 Å². The summed E-state index contributed by atoms with van der Waals surface area (Å²) in [6.45, 7) is 0. The maximum absolute atomic E-state index is 6.27. The fraction of sp³-hybridized carbons (Fsp3) is 0. The van der Waals surface area contributed by atoms with Crippen LogP contribution in [-0.4, -0.2) is 15.0 Å². The molecule has 47 heavy (non-hydrogen) atoms. The van der Waals surface area contributed by atoms with Crippen LogP contribution in [-0.2, 0) is 0 Å². The number of rotatable bonds is 3. The van der Waals surface area contributed by atoms with Gasteiger partial charge >= 0.3 is 0 Å². The first-order chi connectivity index (χ1) is 23.3. The number of pyridine rings is 3. The van der Waals surface area contributed by atoms with Crippen molar-refractivity contribution in [3.8, 4) is 33.6 Å². The summed E-state index contributed by atoms with van der Waals surface area (Å²) < 4.78 is 6.27. The van der Waals surface area contributed by atoms with Crippen LogP contribution in [0.25, 0.3) is 99.1 Å². The molecule has 0 N–H and O–H groups in total. The molecule has 0 amide bonds. The lowest BCUT2D eigenvalue weighted by atomic mass is 9.95. The van der Waals surface area contributed by atoms with Gasteiger partial charge in [0.15, 0.2) is 0 Å². The Morgan fingerprint density at radius 2 is 1.09 bits per heavy atom. The summed E-state index contributed by atoms with van der Waals surface area (Å²) >= 11 is 0. The summed E-state index contributed by atoms with van der Waals surface area (Å²) in [6, 6.07) is 50.7. The number of nitrogens with zero attached hydrogens (tertiary/aromatic N) is 3. The zero-order chi connectivity index (χ0) is 30.9. The number of aromatic nitrogens is 3. The Labute approximate surface area is 269 Å². The third kappa shape index (κ3) is 4.05. The van der Waals surface area contributed by atoms with E-state index in [1.54, 1.807) is 0 Å². The van der Waals surface area contributed by atoms with Crippen molar-refractivity contribution in [2.24, 2.45) is 0 Å². The maximum Gasteiger partial charge on any atom is 0.136 e. The predicted octanol–water partition coefficient (Wildman–Crippen LogP) is 11.4. The quantitative estimate of drug-likeness (QED) is 0.190. The highest BCUT2D eigenvalue weighted by Crippen LogP contribution is 2.41. The Morgan fingerprint density at radius 1 is 0.404 bits per heavy atom. The van der Waals surface area contributed by atoms with Gasteiger partial charge in [0.2, 0.25) is 0 Å². The lowest BCUT2D eigenvalue weighted by molar-refractivity contribution is 0.669. The highest BCUT2D eigenvalue weighted by molar-refractivity contribution is 6.28. The Morgan fingerprint density at radius 3 is 1.91 bits per heavy atom. The van der Waals surface area contributed by atoms with Gasteiger partial charge in [0.1, 0.15) is 11.2 Å². The van der Waals surface area contributed by atoms with Crippen molar-refractivity contribution in [3.63, 3.8) is 0 Å². The standard InChI is InChI=1S/C43H25N3O/c1-3-9-36-32(7-1)39-34(22-24-38-40(39)33-8-2-4-10-37(33)47-38)41(46-36)30-17-13-27(14-18-30)26-11-15-28(16-12-26)35-23-21-31-20-19-29-6-5-25-44-42(29)43(31)45-35/h1-25H. The lowest BCUT2D eigenvalue weighted by Crippen LogP contribution is -1.91. The molecule has 0 spiro atoms. The molecular weight excluding hydrogens is 574 g/mol. The van der Waals surface area contributed by atoms with Gasteiger partial charge in [0.25, 0.3) is 0 Å². The average molecular weight is 600 g/mol. The number of hydrogen-bond donors (Lipinski definition) is 0. The van der Waals surface area contributed by atoms with Gasteiger partial charge in [0.05, 0.1) is 27.9 Å². The van der Waals surface area contributed by atoms with E-state index >= 15 is 0 Å². The van der Waals surface area contributed by atoms with Crippen LogP contribution in [0.5, 0.6) is 0 Å². The molecular formula is C43H25N3O. The summed E-state index contributed by atoms with van der Waals surface area (Å²) in [5, 5.41) is 7.87. The summed E-state index contributed by atoms with van der Waals surface area (Å²) in [5.41, 5.74) is 11.0. The molecule has 0 bridgehead atoms. The average Bonchev–Trinajstić information content (AvgIpc) is 3.53. The Bertz CT molecular complexity index is 2830. The molecule has 0 aliphatic heterocycles. The first-order valence-corrected chi connectivity index (χ1v) is 15.8. The molecule has 10 aromatic rings. The van der Waals surface area contributed by atoms with Crippen molar-refractivity contribution < 1.29 is 4.42 Å². The second-order valence-electron chi connectivity index (χ2n) is 12.0. The van der Waals surface area contributed by atoms with E-state index in [2.05, 4.69) is 132 Å². The first-order valence-electron chi connectivity index (χ1n) is 15.8. The molecule has 218 valence electrons. The summed E-state index contributed by atoms with van der Waals surface area (Å²) in [5.74, 6) is 0. The van der Waals surface area contributed by atoms with Crippen molar-refractivity contribution >= 4 is 65.4 Å². The van der Waals surface area contributed by atoms with E-state index in [-0.39, 0.29) is 0 Å². The smallest absolute Gasteiger partial charge is 0.136 e. The van der Waals surface area contributed by atoms with E-state index in [4.69, 9.17) is 14.4 Å². The minimum atomic E-state index is 0.892. The largest absolute Gasteiger partial charge is 0.456 e. The van der Waals surface area contributed by atoms with Crippen LogP contribution in [0, 0.1) is 0 Å². The van der Waals surface area contributed by atoms with Gasteiger partial charge in [-0.2, -0.15) is 0 Å². The Hall–Kier alpha value is -6.39. The third-order valence-electron chi connectivity index (χ3n) is 9.31. The van der Waals surface area contributed by atoms with Gasteiger partial charge in [-0.1, -0.05) is 109 Å². The van der Waals surface area contributed by atoms with E-state index in [1.165, 1.54) is 5.39 Å². The van der Waals surface area contributed by atoms with Crippen LogP contribution in [0.4, 0.5) is 0 Å². The fourth-order valence-electron chi connectivity index (χ4n) is 7.02. The highest BCUT2D eigenvalue weighted by atomic mass is 16.3. The normalized spacial score (nSPS) is 11.8. The van der Waals surface area contributed by atoms with Gasteiger partial charge in [-0.3, -0.25) is 4.98 Å². The van der Waals surface area contributed by atoms with E-state index in [9.17, 15) is 0 Å². The molecule has 4 nitrogen and oxygen atoms in total. The van der Waals surface area contributed by atoms with Crippen LogP contribution in [0.1, 0.15) is 0 Å². The third-order valence-corrected chi connectivity index (χ3v) is 9.31. The summed E-state index contributed by atoms with van der Waals surface area (Å²) in [6.07, 6.45) is 1.83. The molecule has 0 atom stereocenters. The molecule has 4 heteroatoms. The molecule has 10 rings (SSSR count). The highest BCUT2D eigenvalue weighted by Gasteiger charge is 2.17. The molecule has 0 saturated heterocycles. The van der Waals surface area contributed by atoms with Crippen molar-refractivity contribution in [2.75, 3.05) is 0 Å². The van der Waals surface area contributed by atoms with Crippen molar-refractivity contribution in [2.45, 2.75) is 0 Å². The first kappa shape index (κ1) is 25.9. The molecule has 0 saturated carbocycles. The molecule has 0 radical (unpaired) electrons. The second-order valence-corrected chi connectivity index (χ2v) is 12.0. The van der Waals surface area contributed by atoms with E-state index in [0.29, 0.717) is 0 Å². The zero-order valence-corrected chi connectivity index (χ0v) is 25.2. The van der Waals surface area contributed by atoms with Crippen LogP contribution in [0.2, 0.25) is 0 Å². The fourth-order valence-corrected chi connectivity index (χ4v) is 7.02. The van der Waals surface area contributed by atoms with Crippen molar-refractivity contribution in [1.82, 2.24) is 15.0 Å². The molecule has 0 unspecified atom stereocenters. The van der Waals surface area contributed by atoms with Crippen molar-refractivity contribution in [1.29, 1.82) is 0 Å². The van der Waals surface area contributed by atoms with Crippen LogP contribution in [0.15, 0.2) is 156 Å². The number of hydrogen-bond acceptors (Lipinski definition) is 4. The molecule has 4 heterocycles. The molecule has 6 aromatic carbocycles. The SMILES string of the molecule is c1cnc2c(c1)ccc1ccc(-c3ccc(-c4ccc(-c5nc6ccccc6c6c5ccc5oc7ccccc7c56)cc4)cc3)nc12. The van der Waals surface area contributed by atoms with Crippen LogP contribution < -0.4 is 0 Å². The van der Waals surface area contributed by atoms with E-state index < -0.39 is 0 Å². The number of para-hydroxylation sites is 2. The predicted molar refractivity (Wildman–Crippen MR) is 193 cm³/mol. The van der Waals surface area contributed by atoms with E-state index in [0.717, 1.165) is 93.7 Å². The Balaban J connectivity index is 1.05. The zero-order valence-electron chi connectivity index (χ0n) is 25.2. The molecule has 4 aromatic heterocycles. The van der Waals surface area contributed by atoms with Crippen LogP contribution >= 0.6 is 0 Å². The van der Waals surface area contributed by atoms with Gasteiger partial charge in [-0.05, 0) is 47.5 Å².